The van der Waals surface area contributed by atoms with Crippen molar-refractivity contribution in [1.82, 2.24) is 5.32 Å². The van der Waals surface area contributed by atoms with Gasteiger partial charge in [-0.05, 0) is 30.4 Å². The molecular weight excluding hydrogens is 210 g/mol. The predicted octanol–water partition coefficient (Wildman–Crippen LogP) is 2.81. The van der Waals surface area contributed by atoms with Gasteiger partial charge in [-0.15, -0.1) is 0 Å². The van der Waals surface area contributed by atoms with Gasteiger partial charge in [0, 0.05) is 12.6 Å². The molecule has 2 N–H and O–H groups in total. The van der Waals surface area contributed by atoms with Crippen molar-refractivity contribution >= 4 is 0 Å². The Labute approximate surface area is 104 Å². The summed E-state index contributed by atoms with van der Waals surface area (Å²) in [6, 6.07) is 8.82. The molecule has 1 saturated carbocycles. The van der Waals surface area contributed by atoms with Crippen LogP contribution in [0.5, 0.6) is 0 Å². The number of nitrogens with one attached hydrogen (secondary N) is 1. The molecule has 1 aliphatic rings. The molecule has 0 radical (unpaired) electrons. The molecule has 2 heteroatoms. The normalized spacial score (nSPS) is 18.5. The molecule has 17 heavy (non-hydrogen) atoms. The minimum Gasteiger partial charge on any atom is -0.387 e. The summed E-state index contributed by atoms with van der Waals surface area (Å²) in [6.45, 7) is 2.82. The summed E-state index contributed by atoms with van der Waals surface area (Å²) in [4.78, 5) is 0. The average molecular weight is 233 g/mol. The van der Waals surface area contributed by atoms with E-state index in [1.165, 1.54) is 31.2 Å². The van der Waals surface area contributed by atoms with Crippen molar-refractivity contribution < 1.29 is 5.11 Å². The maximum Gasteiger partial charge on any atom is 0.0917 e. The first-order valence-corrected chi connectivity index (χ1v) is 6.80. The van der Waals surface area contributed by atoms with Gasteiger partial charge in [-0.25, -0.2) is 0 Å². The minimum absolute atomic E-state index is 0.369. The summed E-state index contributed by atoms with van der Waals surface area (Å²) in [6.07, 6.45) is 5.81. The van der Waals surface area contributed by atoms with Gasteiger partial charge in [0.2, 0.25) is 0 Å². The average Bonchev–Trinajstić information content (AvgIpc) is 2.89. The van der Waals surface area contributed by atoms with Crippen molar-refractivity contribution in [2.45, 2.75) is 51.2 Å². The van der Waals surface area contributed by atoms with Crippen LogP contribution in [0, 0.1) is 0 Å². The van der Waals surface area contributed by atoms with E-state index in [2.05, 4.69) is 18.3 Å². The van der Waals surface area contributed by atoms with E-state index < -0.39 is 0 Å². The van der Waals surface area contributed by atoms with Crippen molar-refractivity contribution in [3.05, 3.63) is 35.4 Å². The van der Waals surface area contributed by atoms with Crippen LogP contribution >= 0.6 is 0 Å². The second-order valence-corrected chi connectivity index (χ2v) is 4.96. The van der Waals surface area contributed by atoms with Crippen molar-refractivity contribution in [3.8, 4) is 0 Å². The summed E-state index contributed by atoms with van der Waals surface area (Å²) in [5.41, 5.74) is 2.34. The van der Waals surface area contributed by atoms with Gasteiger partial charge in [0.25, 0.3) is 0 Å². The third kappa shape index (κ3) is 3.30. The number of hydrogen-bond acceptors (Lipinski definition) is 2. The van der Waals surface area contributed by atoms with E-state index >= 15 is 0 Å². The van der Waals surface area contributed by atoms with Crippen LogP contribution < -0.4 is 5.32 Å². The first-order chi connectivity index (χ1) is 8.31. The van der Waals surface area contributed by atoms with E-state index in [0.29, 0.717) is 12.6 Å². The van der Waals surface area contributed by atoms with Crippen molar-refractivity contribution in [2.24, 2.45) is 0 Å². The topological polar surface area (TPSA) is 32.3 Å². The lowest BCUT2D eigenvalue weighted by Crippen LogP contribution is -2.30. The Hall–Kier alpha value is -0.860. The second kappa shape index (κ2) is 6.18. The fourth-order valence-electron chi connectivity index (χ4n) is 2.70. The van der Waals surface area contributed by atoms with Gasteiger partial charge in [0.1, 0.15) is 0 Å². The van der Waals surface area contributed by atoms with Crippen LogP contribution in [-0.2, 0) is 6.42 Å². The number of aliphatic hydroxyl groups is 1. The maximum absolute atomic E-state index is 10.2. The fourth-order valence-corrected chi connectivity index (χ4v) is 2.70. The molecule has 94 valence electrons. The van der Waals surface area contributed by atoms with E-state index in [-0.39, 0.29) is 6.10 Å². The Morgan fingerprint density at radius 3 is 2.71 bits per heavy atom. The van der Waals surface area contributed by atoms with Gasteiger partial charge in [-0.1, -0.05) is 44.0 Å². The van der Waals surface area contributed by atoms with Gasteiger partial charge in [0.15, 0.2) is 0 Å². The Kier molecular flexibility index (Phi) is 4.57. The van der Waals surface area contributed by atoms with Crippen LogP contribution in [0.15, 0.2) is 24.3 Å². The first-order valence-electron chi connectivity index (χ1n) is 6.80. The van der Waals surface area contributed by atoms with Crippen molar-refractivity contribution in [2.75, 3.05) is 6.54 Å². The molecule has 2 rings (SSSR count). The predicted molar refractivity (Wildman–Crippen MR) is 71.0 cm³/mol. The highest BCUT2D eigenvalue weighted by Gasteiger charge is 2.17. The summed E-state index contributed by atoms with van der Waals surface area (Å²) in [5.74, 6) is 0. The van der Waals surface area contributed by atoms with Crippen LogP contribution in [0.3, 0.4) is 0 Å². The summed E-state index contributed by atoms with van der Waals surface area (Å²) < 4.78 is 0. The van der Waals surface area contributed by atoms with Crippen LogP contribution in [0.1, 0.15) is 49.8 Å². The van der Waals surface area contributed by atoms with E-state index in [4.69, 9.17) is 0 Å². The smallest absolute Gasteiger partial charge is 0.0917 e. The van der Waals surface area contributed by atoms with Crippen LogP contribution in [-0.4, -0.2) is 17.7 Å². The largest absolute Gasteiger partial charge is 0.387 e. The standard InChI is InChI=1S/C15H23NO/c1-2-12-7-3-6-10-14(12)15(17)11-16-13-8-4-5-9-13/h3,6-7,10,13,15-17H,2,4-5,8-9,11H2,1H3. The molecule has 0 saturated heterocycles. The minimum atomic E-state index is -0.369. The molecule has 0 aliphatic heterocycles. The number of aryl methyl sites for hydroxylation is 1. The highest BCUT2D eigenvalue weighted by molar-refractivity contribution is 5.29. The second-order valence-electron chi connectivity index (χ2n) is 4.96. The third-order valence-corrected chi connectivity index (χ3v) is 3.75. The van der Waals surface area contributed by atoms with E-state index in [0.717, 1.165) is 12.0 Å². The summed E-state index contributed by atoms with van der Waals surface area (Å²) in [7, 11) is 0. The molecule has 0 aromatic heterocycles. The SMILES string of the molecule is CCc1ccccc1C(O)CNC1CCCC1. The zero-order chi connectivity index (χ0) is 12.1. The Bertz CT molecular complexity index is 345. The van der Waals surface area contributed by atoms with Gasteiger partial charge < -0.3 is 10.4 Å². The van der Waals surface area contributed by atoms with Gasteiger partial charge in [-0.2, -0.15) is 0 Å². The molecule has 1 aromatic carbocycles. The molecule has 0 heterocycles. The van der Waals surface area contributed by atoms with E-state index in [9.17, 15) is 5.11 Å². The highest BCUT2D eigenvalue weighted by Crippen LogP contribution is 2.21. The number of rotatable bonds is 5. The molecule has 1 atom stereocenters. The van der Waals surface area contributed by atoms with Gasteiger partial charge in [0.05, 0.1) is 6.10 Å². The molecule has 1 aromatic rings. The number of hydrogen-bond donors (Lipinski definition) is 2. The first kappa shape index (κ1) is 12.6. The van der Waals surface area contributed by atoms with Gasteiger partial charge in [-0.3, -0.25) is 0 Å². The molecule has 1 unspecified atom stereocenters. The third-order valence-electron chi connectivity index (χ3n) is 3.75. The number of benzene rings is 1. The van der Waals surface area contributed by atoms with Gasteiger partial charge >= 0.3 is 0 Å². The Balaban J connectivity index is 1.91. The lowest BCUT2D eigenvalue weighted by Gasteiger charge is -2.18. The Morgan fingerprint density at radius 1 is 1.29 bits per heavy atom. The van der Waals surface area contributed by atoms with E-state index in [1.807, 2.05) is 18.2 Å². The zero-order valence-corrected chi connectivity index (χ0v) is 10.7. The highest BCUT2D eigenvalue weighted by atomic mass is 16.3. The van der Waals surface area contributed by atoms with Crippen LogP contribution in [0.2, 0.25) is 0 Å². The van der Waals surface area contributed by atoms with Crippen molar-refractivity contribution in [1.29, 1.82) is 0 Å². The molecule has 1 fully saturated rings. The lowest BCUT2D eigenvalue weighted by molar-refractivity contribution is 0.169. The Morgan fingerprint density at radius 2 is 2.00 bits per heavy atom. The molecule has 0 amide bonds. The quantitative estimate of drug-likeness (QED) is 0.819. The molecule has 0 bridgehead atoms. The van der Waals surface area contributed by atoms with Crippen molar-refractivity contribution in [3.63, 3.8) is 0 Å². The number of aliphatic hydroxyl groups excluding tert-OH is 1. The fraction of sp³-hybridized carbons (Fsp3) is 0.600. The maximum atomic E-state index is 10.2. The molecule has 1 aliphatic carbocycles. The lowest BCUT2D eigenvalue weighted by atomic mass is 10.0. The van der Waals surface area contributed by atoms with E-state index in [1.54, 1.807) is 0 Å². The molecule has 2 nitrogen and oxygen atoms in total. The van der Waals surface area contributed by atoms with Crippen LogP contribution in [0.4, 0.5) is 0 Å². The molecule has 0 spiro atoms. The summed E-state index contributed by atoms with van der Waals surface area (Å²) >= 11 is 0. The van der Waals surface area contributed by atoms with Crippen LogP contribution in [0.25, 0.3) is 0 Å². The zero-order valence-electron chi connectivity index (χ0n) is 10.7. The monoisotopic (exact) mass is 233 g/mol. The summed E-state index contributed by atoms with van der Waals surface area (Å²) in [5, 5.41) is 13.7. The molecular formula is C15H23NO.